The molecule has 2 atom stereocenters. The quantitative estimate of drug-likeness (QED) is 0.459. The summed E-state index contributed by atoms with van der Waals surface area (Å²) in [5, 5.41) is 9.55. The molecule has 1 aliphatic heterocycles. The summed E-state index contributed by atoms with van der Waals surface area (Å²) < 4.78 is 42.9. The van der Waals surface area contributed by atoms with Gasteiger partial charge < -0.3 is 10.6 Å². The molecule has 30 heavy (non-hydrogen) atoms. The second kappa shape index (κ2) is 7.92. The topological polar surface area (TPSA) is 71.8 Å². The maximum absolute atomic E-state index is 13.8. The molecule has 6 nitrogen and oxygen atoms in total. The van der Waals surface area contributed by atoms with Crippen LogP contribution in [0.3, 0.4) is 0 Å². The number of amides is 1. The van der Waals surface area contributed by atoms with Gasteiger partial charge in [-0.05, 0) is 29.8 Å². The predicted octanol–water partition coefficient (Wildman–Crippen LogP) is 5.61. The summed E-state index contributed by atoms with van der Waals surface area (Å²) in [6.07, 6.45) is -3.33. The van der Waals surface area contributed by atoms with E-state index in [0.717, 1.165) is 9.15 Å². The van der Waals surface area contributed by atoms with Crippen molar-refractivity contribution in [2.24, 2.45) is 0 Å². The number of carbonyl (C=O) groups is 1. The van der Waals surface area contributed by atoms with Crippen molar-refractivity contribution in [3.05, 3.63) is 69.5 Å². The molecule has 4 rings (SSSR count). The van der Waals surface area contributed by atoms with Gasteiger partial charge in [0.05, 0.1) is 11.7 Å². The minimum atomic E-state index is -4.53. The monoisotopic (exact) mass is 499 g/mol. The number of rotatable bonds is 3. The molecule has 3 aromatic rings. The number of aromatic nitrogens is 3. The van der Waals surface area contributed by atoms with E-state index in [0.29, 0.717) is 5.56 Å². The van der Waals surface area contributed by atoms with Gasteiger partial charge >= 0.3 is 6.18 Å². The highest BCUT2D eigenvalue weighted by molar-refractivity contribution is 9.10. The van der Waals surface area contributed by atoms with E-state index in [4.69, 9.17) is 11.6 Å². The molecule has 0 saturated heterocycles. The van der Waals surface area contributed by atoms with Crippen molar-refractivity contribution >= 4 is 44.9 Å². The number of benzene rings is 1. The lowest BCUT2D eigenvalue weighted by Crippen LogP contribution is -2.35. The van der Waals surface area contributed by atoms with Crippen LogP contribution < -0.4 is 10.6 Å². The van der Waals surface area contributed by atoms with Crippen molar-refractivity contribution in [1.82, 2.24) is 14.8 Å². The van der Waals surface area contributed by atoms with Crippen LogP contribution in [-0.2, 0) is 0 Å². The fourth-order valence-corrected chi connectivity index (χ4v) is 3.69. The maximum Gasteiger partial charge on any atom is 0.410 e. The van der Waals surface area contributed by atoms with Crippen LogP contribution in [-0.4, -0.2) is 26.8 Å². The number of nitrogens with zero attached hydrogens (tertiary/aromatic N) is 3. The van der Waals surface area contributed by atoms with Crippen molar-refractivity contribution < 1.29 is 18.0 Å². The van der Waals surface area contributed by atoms with Gasteiger partial charge in [-0.2, -0.15) is 18.3 Å². The molecule has 0 spiro atoms. The zero-order chi connectivity index (χ0) is 21.5. The Hall–Kier alpha value is -2.59. The van der Waals surface area contributed by atoms with Crippen LogP contribution in [0, 0.1) is 0 Å². The van der Waals surface area contributed by atoms with Gasteiger partial charge in [-0.25, -0.2) is 9.67 Å². The first-order chi connectivity index (χ1) is 14.2. The van der Waals surface area contributed by atoms with Gasteiger partial charge in [0, 0.05) is 23.2 Å². The average molecular weight is 501 g/mol. The number of alkyl halides is 3. The third kappa shape index (κ3) is 4.15. The largest absolute Gasteiger partial charge is 0.410 e. The van der Waals surface area contributed by atoms with E-state index < -0.39 is 24.2 Å². The summed E-state index contributed by atoms with van der Waals surface area (Å²) in [7, 11) is 0. The Labute approximate surface area is 182 Å². The van der Waals surface area contributed by atoms with Crippen molar-refractivity contribution in [2.75, 3.05) is 10.6 Å². The summed E-state index contributed by atoms with van der Waals surface area (Å²) in [6.45, 7) is 0. The maximum atomic E-state index is 13.8. The van der Waals surface area contributed by atoms with Crippen LogP contribution in [0.1, 0.15) is 34.6 Å². The molecule has 1 aliphatic rings. The molecule has 0 radical (unpaired) electrons. The zero-order valence-electron chi connectivity index (χ0n) is 15.1. The number of carbonyl (C=O) groups excluding carboxylic acids is 1. The van der Waals surface area contributed by atoms with Gasteiger partial charge in [-0.3, -0.25) is 4.79 Å². The Bertz CT molecular complexity index is 1090. The Morgan fingerprint density at radius 2 is 2.00 bits per heavy atom. The molecular formula is C19H14BrClF3N5O. The number of hydrogen-bond donors (Lipinski definition) is 2. The van der Waals surface area contributed by atoms with E-state index in [1.54, 1.807) is 30.3 Å². The van der Waals surface area contributed by atoms with Crippen molar-refractivity contribution in [3.8, 4) is 0 Å². The fourth-order valence-electron chi connectivity index (χ4n) is 3.26. The molecule has 0 aliphatic carbocycles. The molecule has 0 fully saturated rings. The number of hydrogen-bond acceptors (Lipinski definition) is 4. The highest BCUT2D eigenvalue weighted by Crippen LogP contribution is 2.43. The fraction of sp³-hybridized carbons (Fsp3) is 0.211. The first-order valence-corrected chi connectivity index (χ1v) is 9.99. The molecule has 1 amide bonds. The molecule has 11 heteroatoms. The third-order valence-electron chi connectivity index (χ3n) is 4.70. The van der Waals surface area contributed by atoms with Gasteiger partial charge in [0.25, 0.3) is 5.91 Å². The SMILES string of the molecule is O=C(Nc1cccnc1Cl)c1cc2n(n1)[C@H](C(F)(F)F)C[C@H](c1ccc(Br)cc1)N2. The highest BCUT2D eigenvalue weighted by atomic mass is 79.9. The van der Waals surface area contributed by atoms with Crippen LogP contribution >= 0.6 is 27.5 Å². The Morgan fingerprint density at radius 1 is 1.27 bits per heavy atom. The smallest absolute Gasteiger partial charge is 0.363 e. The van der Waals surface area contributed by atoms with Crippen LogP contribution in [0.25, 0.3) is 0 Å². The first kappa shape index (κ1) is 20.7. The van der Waals surface area contributed by atoms with E-state index in [-0.39, 0.29) is 28.8 Å². The minimum Gasteiger partial charge on any atom is -0.363 e. The second-order valence-electron chi connectivity index (χ2n) is 6.70. The lowest BCUT2D eigenvalue weighted by molar-refractivity contribution is -0.173. The summed E-state index contributed by atoms with van der Waals surface area (Å²) >= 11 is 9.24. The van der Waals surface area contributed by atoms with Crippen LogP contribution in [0.4, 0.5) is 24.7 Å². The van der Waals surface area contributed by atoms with Gasteiger partial charge in [-0.15, -0.1) is 0 Å². The van der Waals surface area contributed by atoms with Gasteiger partial charge in [0.2, 0.25) is 0 Å². The van der Waals surface area contributed by atoms with Gasteiger partial charge in [0.1, 0.15) is 5.82 Å². The van der Waals surface area contributed by atoms with Gasteiger partial charge in [0.15, 0.2) is 16.9 Å². The van der Waals surface area contributed by atoms with Crippen LogP contribution in [0.2, 0.25) is 5.15 Å². The van der Waals surface area contributed by atoms with Crippen LogP contribution in [0.5, 0.6) is 0 Å². The van der Waals surface area contributed by atoms with E-state index in [9.17, 15) is 18.0 Å². The number of nitrogens with one attached hydrogen (secondary N) is 2. The summed E-state index contributed by atoms with van der Waals surface area (Å²) in [4.78, 5) is 16.4. The average Bonchev–Trinajstić information content (AvgIpc) is 3.13. The van der Waals surface area contributed by atoms with Crippen molar-refractivity contribution in [3.63, 3.8) is 0 Å². The Balaban J connectivity index is 1.65. The molecule has 3 heterocycles. The molecule has 156 valence electrons. The number of anilines is 2. The third-order valence-corrected chi connectivity index (χ3v) is 5.53. The molecule has 0 bridgehead atoms. The number of halogens is 5. The zero-order valence-corrected chi connectivity index (χ0v) is 17.5. The minimum absolute atomic E-state index is 0.0661. The normalized spacial score (nSPS) is 18.4. The van der Waals surface area contributed by atoms with E-state index in [1.165, 1.54) is 18.3 Å². The summed E-state index contributed by atoms with van der Waals surface area (Å²) in [5.74, 6) is -0.575. The lowest BCUT2D eigenvalue weighted by Gasteiger charge is -2.33. The van der Waals surface area contributed by atoms with Crippen LogP contribution in [0.15, 0.2) is 53.1 Å². The predicted molar refractivity (Wildman–Crippen MR) is 110 cm³/mol. The molecule has 0 unspecified atom stereocenters. The summed E-state index contributed by atoms with van der Waals surface area (Å²) in [6, 6.07) is 8.97. The number of pyridine rings is 1. The summed E-state index contributed by atoms with van der Waals surface area (Å²) in [5.41, 5.74) is 0.777. The van der Waals surface area contributed by atoms with E-state index >= 15 is 0 Å². The Kier molecular flexibility index (Phi) is 5.46. The molecule has 2 aromatic heterocycles. The van der Waals surface area contributed by atoms with E-state index in [1.807, 2.05) is 0 Å². The molecule has 2 N–H and O–H groups in total. The standard InChI is InChI=1S/C19H14BrClF3N5O/c20-11-5-3-10(4-6-11)13-8-15(19(22,23)24)29-16(26-13)9-14(28-29)18(30)27-12-2-1-7-25-17(12)21/h1-7,9,13,15,26H,8H2,(H,27,30)/t13-,15+/m1/s1. The molecular weight excluding hydrogens is 487 g/mol. The lowest BCUT2D eigenvalue weighted by atomic mass is 9.97. The number of fused-ring (bicyclic) bond motifs is 1. The van der Waals surface area contributed by atoms with Gasteiger partial charge in [-0.1, -0.05) is 39.7 Å². The van der Waals surface area contributed by atoms with Crippen molar-refractivity contribution in [2.45, 2.75) is 24.7 Å². The van der Waals surface area contributed by atoms with E-state index in [2.05, 4.69) is 36.6 Å². The second-order valence-corrected chi connectivity index (χ2v) is 7.97. The molecule has 1 aromatic carbocycles. The first-order valence-electron chi connectivity index (χ1n) is 8.82. The van der Waals surface area contributed by atoms with Crippen molar-refractivity contribution in [1.29, 1.82) is 0 Å². The Morgan fingerprint density at radius 3 is 2.67 bits per heavy atom. The highest BCUT2D eigenvalue weighted by Gasteiger charge is 2.46. The molecule has 0 saturated carbocycles.